The van der Waals surface area contributed by atoms with E-state index in [-0.39, 0.29) is 70.7 Å². The van der Waals surface area contributed by atoms with E-state index in [1.807, 2.05) is 6.07 Å². The van der Waals surface area contributed by atoms with Crippen LogP contribution in [0.2, 0.25) is 0 Å². The second kappa shape index (κ2) is 24.7. The number of halogens is 4. The Balaban J connectivity index is 0.0000101. The molecular formula is C53H66F3IN10O7. The van der Waals surface area contributed by atoms with E-state index in [1.54, 1.807) is 13.8 Å². The summed E-state index contributed by atoms with van der Waals surface area (Å²) in [7, 11) is 2.10. The molecule has 3 aromatic carbocycles. The number of amides is 6. The van der Waals surface area contributed by atoms with Gasteiger partial charge in [0.1, 0.15) is 19.1 Å². The highest BCUT2D eigenvalue weighted by Crippen LogP contribution is 2.52. The van der Waals surface area contributed by atoms with E-state index in [0.29, 0.717) is 32.2 Å². The smallest absolute Gasteiger partial charge is 0.442 e. The van der Waals surface area contributed by atoms with Gasteiger partial charge in [-0.3, -0.25) is 34.0 Å². The van der Waals surface area contributed by atoms with Gasteiger partial charge in [0.25, 0.3) is 11.8 Å². The van der Waals surface area contributed by atoms with Gasteiger partial charge in [-0.05, 0) is 81.7 Å². The second-order valence-electron chi connectivity index (χ2n) is 19.8. The van der Waals surface area contributed by atoms with Gasteiger partial charge in [0, 0.05) is 65.1 Å². The Labute approximate surface area is 446 Å². The first-order chi connectivity index (χ1) is 34.5. The summed E-state index contributed by atoms with van der Waals surface area (Å²) < 4.78 is 42.9. The Morgan fingerprint density at radius 1 is 0.757 bits per heavy atom. The molecule has 0 radical (unpaired) electrons. The monoisotopic (exact) mass is 1140 g/mol. The minimum atomic E-state index is -4.76. The fraction of sp³-hybridized carbons (Fsp3) is 0.453. The van der Waals surface area contributed by atoms with Crippen molar-refractivity contribution in [3.05, 3.63) is 119 Å². The van der Waals surface area contributed by atoms with Crippen LogP contribution < -0.4 is 60.9 Å². The number of rotatable bonds is 23. The van der Waals surface area contributed by atoms with Gasteiger partial charge in [-0.1, -0.05) is 82.3 Å². The molecule has 21 heteroatoms. The fourth-order valence-corrected chi connectivity index (χ4v) is 9.43. The number of hydroxylamine groups is 1. The molecule has 3 aromatic rings. The van der Waals surface area contributed by atoms with Crippen LogP contribution in [-0.2, 0) is 40.5 Å². The minimum Gasteiger partial charge on any atom is -1.00 e. The molecule has 0 saturated carbocycles. The lowest BCUT2D eigenvalue weighted by molar-refractivity contribution is -0.401. The Morgan fingerprint density at radius 3 is 2.04 bits per heavy atom. The van der Waals surface area contributed by atoms with Gasteiger partial charge < -0.3 is 55.5 Å². The van der Waals surface area contributed by atoms with E-state index in [9.17, 15) is 41.9 Å². The van der Waals surface area contributed by atoms with Gasteiger partial charge in [-0.25, -0.2) is 5.48 Å². The maximum Gasteiger partial charge on any atom is 0.442 e. The molecule has 17 nitrogen and oxygen atoms in total. The van der Waals surface area contributed by atoms with Crippen LogP contribution in [0.15, 0.2) is 107 Å². The number of nitrogens with zero attached hydrogens (tertiary/aromatic N) is 4. The van der Waals surface area contributed by atoms with Crippen molar-refractivity contribution < 1.29 is 75.7 Å². The molecule has 7 N–H and O–H groups in total. The standard InChI is InChI=1S/C53H65F3N10O7.HI/c1-33(2)46(49(72)62-73)61-45(69)32-58-44(68)31-59-48(71)38(60-47(70)34-25-27-35(28-26-34)52(63-64-52)53(54,55)56)19-12-14-29-57-43(67)24-13-15-30-66-40-21-11-9-18-37(40)51(5,6)42(66)23-16-22-41-50(3,4)36-17-8-10-20-39(36)65(41)7;/h8-11,16-18,20-23,25-28,33,38,46H,12-15,19,24,29-32H2,1-7H3,(H6-,57,58,59,60,61,62,63,64,67,68,69,70,71,72,73);1H/t38-,46-;/m0./s1. The van der Waals surface area contributed by atoms with E-state index < -0.39 is 66.5 Å². The number of alkyl halides is 3. The number of unbranched alkanes of at least 4 members (excludes halogenated alkanes) is 2. The highest BCUT2D eigenvalue weighted by atomic mass is 127. The van der Waals surface area contributed by atoms with Crippen LogP contribution in [0.1, 0.15) is 107 Å². The molecule has 3 heterocycles. The number of hydrogen-bond acceptors (Lipinski definition) is 10. The number of allylic oxidation sites excluding steroid dienone is 4. The van der Waals surface area contributed by atoms with Gasteiger partial charge in [-0.2, -0.15) is 17.7 Å². The Kier molecular flexibility index (Phi) is 19.5. The first-order valence-electron chi connectivity index (χ1n) is 24.5. The third kappa shape index (κ3) is 13.4. The van der Waals surface area contributed by atoms with Crippen molar-refractivity contribution in [2.45, 2.75) is 115 Å². The van der Waals surface area contributed by atoms with Crippen LogP contribution in [0.5, 0.6) is 0 Å². The van der Waals surface area contributed by atoms with Crippen LogP contribution in [-0.4, -0.2) is 102 Å². The molecular weight excluding hydrogens is 1070 g/mol. The molecule has 2 atom stereocenters. The predicted molar refractivity (Wildman–Crippen MR) is 268 cm³/mol. The molecule has 6 rings (SSSR count). The predicted octanol–water partition coefficient (Wildman–Crippen LogP) is 3.25. The maximum absolute atomic E-state index is 13.6. The Morgan fingerprint density at radius 2 is 1.41 bits per heavy atom. The number of nitrogens with one attached hydrogen (secondary N) is 6. The molecule has 0 spiro atoms. The largest absolute Gasteiger partial charge is 1.00 e. The van der Waals surface area contributed by atoms with Crippen LogP contribution in [0, 0.1) is 5.92 Å². The number of fused-ring (bicyclic) bond motifs is 2. The van der Waals surface area contributed by atoms with E-state index in [2.05, 4.69) is 142 Å². The number of hydrogen-bond donors (Lipinski definition) is 7. The lowest BCUT2D eigenvalue weighted by atomic mass is 9.81. The molecule has 6 amide bonds. The lowest BCUT2D eigenvalue weighted by Crippen LogP contribution is -3.00. The van der Waals surface area contributed by atoms with Crippen molar-refractivity contribution in [3.63, 3.8) is 0 Å². The minimum absolute atomic E-state index is 0. The number of carbonyl (C=O) groups excluding carboxylic acids is 6. The molecule has 74 heavy (non-hydrogen) atoms. The average molecular weight is 1140 g/mol. The van der Waals surface area contributed by atoms with Gasteiger partial charge in [-0.15, -0.1) is 10.2 Å². The van der Waals surface area contributed by atoms with Crippen molar-refractivity contribution in [1.82, 2.24) is 32.1 Å². The number of benzene rings is 3. The summed E-state index contributed by atoms with van der Waals surface area (Å²) in [5, 5.41) is 28.0. The fourth-order valence-electron chi connectivity index (χ4n) is 9.43. The zero-order chi connectivity index (χ0) is 53.3. The summed E-state index contributed by atoms with van der Waals surface area (Å²) in [6.07, 6.45) is 4.30. The normalized spacial score (nSPS) is 17.0. The van der Waals surface area contributed by atoms with Crippen LogP contribution in [0.25, 0.3) is 0 Å². The van der Waals surface area contributed by atoms with Crippen LogP contribution in [0.4, 0.5) is 24.5 Å². The topological polar surface area (TPSA) is 226 Å². The summed E-state index contributed by atoms with van der Waals surface area (Å²) >= 11 is 0. The first kappa shape index (κ1) is 58.4. The molecule has 398 valence electrons. The van der Waals surface area contributed by atoms with Gasteiger partial charge >= 0.3 is 11.8 Å². The lowest BCUT2D eigenvalue weighted by Gasteiger charge is -2.27. The Bertz CT molecular complexity index is 2700. The third-order valence-electron chi connectivity index (χ3n) is 13.6. The summed E-state index contributed by atoms with van der Waals surface area (Å²) in [5.74, 6) is -4.40. The molecule has 0 bridgehead atoms. The molecule has 0 fully saturated rings. The van der Waals surface area contributed by atoms with E-state index in [0.717, 1.165) is 36.4 Å². The van der Waals surface area contributed by atoms with Gasteiger partial charge in [0.05, 0.1) is 18.5 Å². The molecule has 3 aliphatic rings. The van der Waals surface area contributed by atoms with Gasteiger partial charge in [0.15, 0.2) is 5.71 Å². The van der Waals surface area contributed by atoms with E-state index >= 15 is 0 Å². The van der Waals surface area contributed by atoms with Crippen molar-refractivity contribution in [3.8, 4) is 0 Å². The number of carbonyl (C=O) groups is 6. The van der Waals surface area contributed by atoms with Crippen molar-refractivity contribution in [2.24, 2.45) is 16.1 Å². The molecule has 0 aromatic heterocycles. The molecule has 3 aliphatic heterocycles. The van der Waals surface area contributed by atoms with E-state index in [1.165, 1.54) is 33.7 Å². The highest BCUT2D eigenvalue weighted by molar-refractivity contribution is 6.03. The summed E-state index contributed by atoms with van der Waals surface area (Å²) in [6.45, 7) is 12.1. The van der Waals surface area contributed by atoms with Crippen molar-refractivity contribution >= 4 is 52.5 Å². The first-order valence-corrected chi connectivity index (χ1v) is 24.5. The van der Waals surface area contributed by atoms with Gasteiger partial charge in [0.2, 0.25) is 29.3 Å². The number of anilines is 1. The SMILES string of the molecule is CC(C)[C@H](NC(=O)CNC(=O)CNC(=O)[C@H](CCCCNC(=O)CCCCN1/C(=C/C=C/C2=[N+](C)c3ccccc3C2(C)C)C(C)(C)c2ccccc21)NC(=O)c1ccc(C2(C(F)(F)F)N=N2)cc1)C(=O)NO.[I-]. The van der Waals surface area contributed by atoms with E-state index in [4.69, 9.17) is 5.21 Å². The zero-order valence-corrected chi connectivity index (χ0v) is 44.8. The molecule has 0 aliphatic carbocycles. The second-order valence-corrected chi connectivity index (χ2v) is 19.8. The van der Waals surface area contributed by atoms with Crippen LogP contribution >= 0.6 is 0 Å². The molecule has 0 saturated heterocycles. The van der Waals surface area contributed by atoms with Crippen LogP contribution in [0.3, 0.4) is 0 Å². The highest BCUT2D eigenvalue weighted by Gasteiger charge is 2.65. The third-order valence-corrected chi connectivity index (χ3v) is 13.6. The number of para-hydroxylation sites is 2. The summed E-state index contributed by atoms with van der Waals surface area (Å²) in [5.41, 5.74) is 5.31. The maximum atomic E-state index is 13.6. The Hall–Kier alpha value is -6.49. The van der Waals surface area contributed by atoms with Crippen molar-refractivity contribution in [1.29, 1.82) is 0 Å². The zero-order valence-electron chi connectivity index (χ0n) is 42.7. The summed E-state index contributed by atoms with van der Waals surface area (Å²) in [6, 6.07) is 19.1. The van der Waals surface area contributed by atoms with Crippen molar-refractivity contribution in [2.75, 3.05) is 38.1 Å². The average Bonchev–Trinajstić information content (AvgIpc) is 4.12. The summed E-state index contributed by atoms with van der Waals surface area (Å²) in [4.78, 5) is 79.0. The quantitative estimate of drug-likeness (QED) is 0.0245. The molecule has 0 unspecified atom stereocenters.